The number of H-pyrrole nitrogens is 1. The SMILES string of the molecule is CCCC1CC1n1c(=S)[nH]c2sccc2c1=O. The molecule has 0 spiro atoms. The lowest BCUT2D eigenvalue weighted by atomic mass is 10.2. The van der Waals surface area contributed by atoms with Crippen molar-refractivity contribution in [3.63, 3.8) is 0 Å². The van der Waals surface area contributed by atoms with E-state index in [2.05, 4.69) is 11.9 Å². The summed E-state index contributed by atoms with van der Waals surface area (Å²) in [7, 11) is 0. The summed E-state index contributed by atoms with van der Waals surface area (Å²) < 4.78 is 2.36. The molecule has 1 aliphatic rings. The first kappa shape index (κ1) is 11.2. The molecule has 0 aliphatic heterocycles. The van der Waals surface area contributed by atoms with E-state index in [0.717, 1.165) is 16.6 Å². The molecule has 2 aromatic heterocycles. The van der Waals surface area contributed by atoms with Gasteiger partial charge in [0.15, 0.2) is 4.77 Å². The van der Waals surface area contributed by atoms with Crippen LogP contribution in [0.3, 0.4) is 0 Å². The molecule has 1 saturated carbocycles. The average molecular weight is 266 g/mol. The highest BCUT2D eigenvalue weighted by molar-refractivity contribution is 7.71. The van der Waals surface area contributed by atoms with Gasteiger partial charge in [-0.2, -0.15) is 0 Å². The number of hydrogen-bond donors (Lipinski definition) is 1. The third kappa shape index (κ3) is 1.77. The van der Waals surface area contributed by atoms with E-state index in [4.69, 9.17) is 12.2 Å². The minimum Gasteiger partial charge on any atom is -0.323 e. The number of thiophene rings is 1. The number of hydrogen-bond acceptors (Lipinski definition) is 3. The highest BCUT2D eigenvalue weighted by atomic mass is 32.1. The largest absolute Gasteiger partial charge is 0.323 e. The fourth-order valence-corrected chi connectivity index (χ4v) is 3.65. The molecule has 1 aliphatic carbocycles. The molecule has 0 amide bonds. The van der Waals surface area contributed by atoms with Crippen molar-refractivity contribution in [3.8, 4) is 0 Å². The molecule has 3 nitrogen and oxygen atoms in total. The number of aromatic amines is 1. The Balaban J connectivity index is 2.11. The molecule has 1 fully saturated rings. The summed E-state index contributed by atoms with van der Waals surface area (Å²) >= 11 is 6.83. The van der Waals surface area contributed by atoms with Crippen molar-refractivity contribution in [2.24, 2.45) is 5.92 Å². The van der Waals surface area contributed by atoms with Crippen LogP contribution in [0.2, 0.25) is 0 Å². The predicted octanol–water partition coefficient (Wildman–Crippen LogP) is 3.48. The Morgan fingerprint density at radius 1 is 1.65 bits per heavy atom. The lowest BCUT2D eigenvalue weighted by Crippen LogP contribution is -2.21. The van der Waals surface area contributed by atoms with Gasteiger partial charge in [-0.05, 0) is 42.4 Å². The standard InChI is InChI=1S/C12H14N2OS2/c1-2-3-7-6-9(7)14-11(15)8-4-5-17-10(8)13-12(14)16/h4-5,7,9H,2-3,6H2,1H3,(H,13,16). The van der Waals surface area contributed by atoms with Gasteiger partial charge in [-0.3, -0.25) is 9.36 Å². The Kier molecular flexibility index (Phi) is 2.67. The van der Waals surface area contributed by atoms with Gasteiger partial charge in [-0.25, -0.2) is 0 Å². The number of nitrogens with one attached hydrogen (secondary N) is 1. The molecule has 3 rings (SSSR count). The van der Waals surface area contributed by atoms with Crippen LogP contribution in [-0.4, -0.2) is 9.55 Å². The second kappa shape index (κ2) is 4.07. The molecule has 17 heavy (non-hydrogen) atoms. The number of rotatable bonds is 3. The Bertz CT molecular complexity index is 667. The maximum Gasteiger partial charge on any atom is 0.263 e. The molecule has 2 unspecified atom stereocenters. The van der Waals surface area contributed by atoms with Gasteiger partial charge in [0.25, 0.3) is 5.56 Å². The van der Waals surface area contributed by atoms with Crippen LogP contribution >= 0.6 is 23.6 Å². The van der Waals surface area contributed by atoms with Crippen molar-refractivity contribution in [3.05, 3.63) is 26.6 Å². The zero-order chi connectivity index (χ0) is 12.0. The normalized spacial score (nSPS) is 23.1. The minimum atomic E-state index is 0.0774. The van der Waals surface area contributed by atoms with Gasteiger partial charge in [-0.1, -0.05) is 13.3 Å². The third-order valence-corrected chi connectivity index (χ3v) is 4.56. The van der Waals surface area contributed by atoms with Gasteiger partial charge in [0.05, 0.1) is 5.39 Å². The topological polar surface area (TPSA) is 37.8 Å². The summed E-state index contributed by atoms with van der Waals surface area (Å²) in [5.74, 6) is 0.642. The maximum absolute atomic E-state index is 12.3. The van der Waals surface area contributed by atoms with Crippen molar-refractivity contribution in [2.45, 2.75) is 32.2 Å². The molecular formula is C12H14N2OS2. The van der Waals surface area contributed by atoms with E-state index >= 15 is 0 Å². The van der Waals surface area contributed by atoms with Crippen LogP contribution in [0.1, 0.15) is 32.2 Å². The van der Waals surface area contributed by atoms with E-state index in [0.29, 0.717) is 16.7 Å². The average Bonchev–Trinajstić information content (AvgIpc) is 2.87. The summed E-state index contributed by atoms with van der Waals surface area (Å²) in [6, 6.07) is 2.21. The molecule has 2 heterocycles. The molecule has 2 atom stereocenters. The van der Waals surface area contributed by atoms with Crippen LogP contribution < -0.4 is 5.56 Å². The number of nitrogens with zero attached hydrogens (tertiary/aromatic N) is 1. The summed E-state index contributed by atoms with van der Waals surface area (Å²) in [5.41, 5.74) is 0.0774. The molecule has 0 saturated heterocycles. The van der Waals surface area contributed by atoms with Crippen molar-refractivity contribution in [1.82, 2.24) is 9.55 Å². The molecule has 0 radical (unpaired) electrons. The van der Waals surface area contributed by atoms with Crippen LogP contribution in [0.15, 0.2) is 16.2 Å². The monoisotopic (exact) mass is 266 g/mol. The van der Waals surface area contributed by atoms with Crippen molar-refractivity contribution < 1.29 is 0 Å². The second-order valence-electron chi connectivity index (χ2n) is 4.62. The van der Waals surface area contributed by atoms with Gasteiger partial charge in [0.1, 0.15) is 4.83 Å². The first-order valence-electron chi connectivity index (χ1n) is 5.94. The Labute approximate surface area is 108 Å². The molecule has 1 N–H and O–H groups in total. The maximum atomic E-state index is 12.3. The number of aromatic nitrogens is 2. The van der Waals surface area contributed by atoms with E-state index in [1.165, 1.54) is 24.2 Å². The molecule has 0 aromatic carbocycles. The summed E-state index contributed by atoms with van der Waals surface area (Å²) in [6.07, 6.45) is 3.46. The van der Waals surface area contributed by atoms with Crippen LogP contribution in [0.25, 0.3) is 10.2 Å². The van der Waals surface area contributed by atoms with Crippen LogP contribution in [0.5, 0.6) is 0 Å². The van der Waals surface area contributed by atoms with Gasteiger partial charge in [0, 0.05) is 6.04 Å². The van der Waals surface area contributed by atoms with Gasteiger partial charge >= 0.3 is 0 Å². The molecule has 0 bridgehead atoms. The van der Waals surface area contributed by atoms with Gasteiger partial charge in [-0.15, -0.1) is 11.3 Å². The molecule has 5 heteroatoms. The zero-order valence-corrected chi connectivity index (χ0v) is 11.2. The van der Waals surface area contributed by atoms with Gasteiger partial charge < -0.3 is 4.98 Å². The first-order valence-corrected chi connectivity index (χ1v) is 7.23. The van der Waals surface area contributed by atoms with Crippen LogP contribution in [-0.2, 0) is 0 Å². The second-order valence-corrected chi connectivity index (χ2v) is 5.92. The number of fused-ring (bicyclic) bond motifs is 1. The van der Waals surface area contributed by atoms with E-state index in [-0.39, 0.29) is 5.56 Å². The summed E-state index contributed by atoms with van der Waals surface area (Å²) in [5, 5.41) is 2.70. The predicted molar refractivity (Wildman–Crippen MR) is 73.3 cm³/mol. The smallest absolute Gasteiger partial charge is 0.263 e. The Morgan fingerprint density at radius 2 is 2.47 bits per heavy atom. The Morgan fingerprint density at radius 3 is 3.24 bits per heavy atom. The van der Waals surface area contributed by atoms with E-state index in [1.54, 1.807) is 4.57 Å². The first-order chi connectivity index (χ1) is 8.22. The van der Waals surface area contributed by atoms with Crippen molar-refractivity contribution >= 4 is 33.8 Å². The van der Waals surface area contributed by atoms with Crippen molar-refractivity contribution in [1.29, 1.82) is 0 Å². The third-order valence-electron chi connectivity index (χ3n) is 3.43. The fraction of sp³-hybridized carbons (Fsp3) is 0.500. The van der Waals surface area contributed by atoms with Crippen LogP contribution in [0, 0.1) is 10.7 Å². The zero-order valence-electron chi connectivity index (χ0n) is 9.60. The summed E-state index contributed by atoms with van der Waals surface area (Å²) in [4.78, 5) is 16.4. The fourth-order valence-electron chi connectivity index (χ4n) is 2.48. The molecule has 90 valence electrons. The Hall–Kier alpha value is -0.940. The van der Waals surface area contributed by atoms with E-state index < -0.39 is 0 Å². The quantitative estimate of drug-likeness (QED) is 0.864. The minimum absolute atomic E-state index is 0.0774. The van der Waals surface area contributed by atoms with Crippen molar-refractivity contribution in [2.75, 3.05) is 0 Å². The van der Waals surface area contributed by atoms with E-state index in [1.807, 2.05) is 11.4 Å². The lowest BCUT2D eigenvalue weighted by molar-refractivity contribution is 0.585. The lowest BCUT2D eigenvalue weighted by Gasteiger charge is -2.05. The molecule has 2 aromatic rings. The summed E-state index contributed by atoms with van der Waals surface area (Å²) in [6.45, 7) is 2.18. The highest BCUT2D eigenvalue weighted by Crippen LogP contribution is 2.45. The van der Waals surface area contributed by atoms with Gasteiger partial charge in [0.2, 0.25) is 0 Å². The highest BCUT2D eigenvalue weighted by Gasteiger charge is 2.39. The van der Waals surface area contributed by atoms with E-state index in [9.17, 15) is 4.79 Å². The molecular weight excluding hydrogens is 252 g/mol. The van der Waals surface area contributed by atoms with Crippen LogP contribution in [0.4, 0.5) is 0 Å².